The van der Waals surface area contributed by atoms with E-state index in [4.69, 9.17) is 22.3 Å². The first-order chi connectivity index (χ1) is 18.2. The fraction of sp³-hybridized carbons (Fsp3) is 0.286. The molecule has 8 nitrogen and oxygen atoms in total. The van der Waals surface area contributed by atoms with Crippen LogP contribution in [-0.2, 0) is 0 Å². The lowest BCUT2D eigenvalue weighted by Crippen LogP contribution is -2.43. The van der Waals surface area contributed by atoms with Gasteiger partial charge in [0.15, 0.2) is 17.3 Å². The number of ketones is 1. The predicted molar refractivity (Wildman–Crippen MR) is 169 cm³/mol. The summed E-state index contributed by atoms with van der Waals surface area (Å²) < 4.78 is 14.2. The first kappa shape index (κ1) is 34.3. The van der Waals surface area contributed by atoms with Crippen molar-refractivity contribution in [1.29, 1.82) is 0 Å². The molecule has 1 atom stereocenters. The molecule has 0 saturated carbocycles. The van der Waals surface area contributed by atoms with Gasteiger partial charge >= 0.3 is 0 Å². The molecular formula is C28H31Cl4FN6O2. The molecule has 1 aliphatic rings. The number of phenols is 1. The van der Waals surface area contributed by atoms with E-state index in [2.05, 4.69) is 20.2 Å². The maximum Gasteiger partial charge on any atom is 0.170 e. The Balaban J connectivity index is 0.00000196. The zero-order valence-electron chi connectivity index (χ0n) is 22.3. The number of Topliss-reactive ketones (excluding diaryl/α,β-unsaturated/α-hetero) is 1. The predicted octanol–water partition coefficient (Wildman–Crippen LogP) is 6.97. The Morgan fingerprint density at radius 3 is 2.54 bits per heavy atom. The summed E-state index contributed by atoms with van der Waals surface area (Å²) >= 11 is 6.00. The number of aromatic nitrogens is 3. The molecule has 3 aromatic heterocycles. The number of anilines is 3. The van der Waals surface area contributed by atoms with Crippen molar-refractivity contribution in [3.63, 3.8) is 0 Å². The molecule has 4 aromatic rings. The molecule has 1 aliphatic heterocycles. The molecule has 4 N–H and O–H groups in total. The smallest absolute Gasteiger partial charge is 0.170 e. The van der Waals surface area contributed by atoms with Crippen LogP contribution in [0.25, 0.3) is 22.3 Å². The average molecular weight is 644 g/mol. The van der Waals surface area contributed by atoms with Crippen molar-refractivity contribution in [2.45, 2.75) is 32.7 Å². The van der Waals surface area contributed by atoms with Gasteiger partial charge in [0.05, 0.1) is 39.4 Å². The number of nitrogens with two attached hydrogens (primary N) is 1. The molecule has 1 fully saturated rings. The van der Waals surface area contributed by atoms with Gasteiger partial charge in [0, 0.05) is 36.8 Å². The lowest BCUT2D eigenvalue weighted by Gasteiger charge is -2.31. The second kappa shape index (κ2) is 14.3. The van der Waals surface area contributed by atoms with E-state index in [1.807, 2.05) is 26.0 Å². The van der Waals surface area contributed by atoms with Crippen LogP contribution in [0.2, 0.25) is 5.02 Å². The van der Waals surface area contributed by atoms with Crippen LogP contribution in [-0.4, -0.2) is 45.0 Å². The van der Waals surface area contributed by atoms with Gasteiger partial charge in [-0.2, -0.15) is 0 Å². The molecule has 0 amide bonds. The van der Waals surface area contributed by atoms with Crippen molar-refractivity contribution in [2.75, 3.05) is 23.3 Å². The fourth-order valence-electron chi connectivity index (χ4n) is 4.57. The molecule has 13 heteroatoms. The molecule has 0 spiro atoms. The van der Waals surface area contributed by atoms with E-state index in [0.717, 1.165) is 37.8 Å². The Morgan fingerprint density at radius 1 is 1.15 bits per heavy atom. The number of pyridine rings is 3. The van der Waals surface area contributed by atoms with Crippen LogP contribution in [0, 0.1) is 11.7 Å². The van der Waals surface area contributed by atoms with Crippen molar-refractivity contribution in [3.05, 3.63) is 65.2 Å². The highest BCUT2D eigenvalue weighted by molar-refractivity contribution is 6.32. The standard InChI is InChI=1S/C28H28ClFN6O2.3ClH/c1-15(2)27(37)19-13-32-23-7-6-22(16-10-20(29)28(38)21(30)11-16)35-26(23)25(19)34-18-5-8-24(33-12-18)36-9-3-4-17(31)14-36;;;/h5-8,10-13,15,17,38H,3-4,9,14,31H2,1-2H3,(H,32,34);3*1H. The third-order valence-electron chi connectivity index (χ3n) is 6.61. The number of rotatable bonds is 6. The van der Waals surface area contributed by atoms with Crippen LogP contribution in [0.15, 0.2) is 48.8 Å². The lowest BCUT2D eigenvalue weighted by atomic mass is 10.00. The van der Waals surface area contributed by atoms with Crippen LogP contribution < -0.4 is 16.0 Å². The minimum absolute atomic E-state index is 0. The molecule has 41 heavy (non-hydrogen) atoms. The third kappa shape index (κ3) is 7.28. The van der Waals surface area contributed by atoms with Gasteiger partial charge < -0.3 is 21.1 Å². The fourth-order valence-corrected chi connectivity index (χ4v) is 4.78. The number of hydrogen-bond acceptors (Lipinski definition) is 8. The summed E-state index contributed by atoms with van der Waals surface area (Å²) in [5.74, 6) is -0.995. The number of carbonyl (C=O) groups excluding carboxylic acids is 1. The first-order valence-electron chi connectivity index (χ1n) is 12.5. The number of nitrogens with one attached hydrogen (secondary N) is 1. The van der Waals surface area contributed by atoms with Crippen molar-refractivity contribution >= 4 is 82.8 Å². The molecule has 1 aromatic carbocycles. The highest BCUT2D eigenvalue weighted by atomic mass is 35.5. The quantitative estimate of drug-likeness (QED) is 0.193. The SMILES string of the molecule is CC(C)C(=O)c1cnc2ccc(-c3cc(F)c(O)c(Cl)c3)nc2c1Nc1ccc(N2CCCC(N)C2)nc1.Cl.Cl.Cl. The van der Waals surface area contributed by atoms with E-state index in [-0.39, 0.29) is 60.0 Å². The second-order valence-corrected chi connectivity index (χ2v) is 10.2. The average Bonchev–Trinajstić information content (AvgIpc) is 2.91. The largest absolute Gasteiger partial charge is 0.504 e. The normalized spacial score (nSPS) is 14.6. The maximum atomic E-state index is 14.2. The van der Waals surface area contributed by atoms with Gasteiger partial charge in [-0.25, -0.2) is 14.4 Å². The van der Waals surface area contributed by atoms with E-state index in [0.29, 0.717) is 39.2 Å². The molecule has 0 bridgehead atoms. The van der Waals surface area contributed by atoms with E-state index in [1.165, 1.54) is 6.07 Å². The Labute approximate surface area is 261 Å². The van der Waals surface area contributed by atoms with Crippen molar-refractivity contribution in [2.24, 2.45) is 11.7 Å². The highest BCUT2D eigenvalue weighted by Gasteiger charge is 2.21. The number of benzene rings is 1. The van der Waals surface area contributed by atoms with Crippen molar-refractivity contribution < 1.29 is 14.3 Å². The summed E-state index contributed by atoms with van der Waals surface area (Å²) in [6.07, 6.45) is 5.29. The van der Waals surface area contributed by atoms with Crippen LogP contribution in [0.5, 0.6) is 5.75 Å². The summed E-state index contributed by atoms with van der Waals surface area (Å²) in [6, 6.07) is 9.98. The molecule has 220 valence electrons. The molecule has 4 heterocycles. The number of halogens is 5. The number of aromatic hydroxyl groups is 1. The second-order valence-electron chi connectivity index (χ2n) is 9.80. The van der Waals surface area contributed by atoms with Crippen LogP contribution in [0.1, 0.15) is 37.0 Å². The first-order valence-corrected chi connectivity index (χ1v) is 12.8. The molecular weight excluding hydrogens is 613 g/mol. The van der Waals surface area contributed by atoms with Gasteiger partial charge in [0.25, 0.3) is 0 Å². The molecule has 0 radical (unpaired) electrons. The van der Waals surface area contributed by atoms with Crippen LogP contribution in [0.4, 0.5) is 21.6 Å². The topological polar surface area (TPSA) is 117 Å². The number of piperidine rings is 1. The Hall–Kier alpha value is -2.95. The van der Waals surface area contributed by atoms with E-state index >= 15 is 0 Å². The minimum Gasteiger partial charge on any atom is -0.504 e. The van der Waals surface area contributed by atoms with Crippen LogP contribution in [0.3, 0.4) is 0 Å². The van der Waals surface area contributed by atoms with E-state index < -0.39 is 11.6 Å². The summed E-state index contributed by atoms with van der Waals surface area (Å²) in [7, 11) is 0. The molecule has 5 rings (SSSR count). The number of fused-ring (bicyclic) bond motifs is 1. The van der Waals surface area contributed by atoms with Gasteiger partial charge in [-0.05, 0) is 49.2 Å². The van der Waals surface area contributed by atoms with Gasteiger partial charge in [-0.1, -0.05) is 25.4 Å². The summed E-state index contributed by atoms with van der Waals surface area (Å²) in [4.78, 5) is 29.1. The zero-order valence-corrected chi connectivity index (χ0v) is 25.5. The van der Waals surface area contributed by atoms with Crippen LogP contribution >= 0.6 is 48.8 Å². The van der Waals surface area contributed by atoms with Gasteiger partial charge in [0.1, 0.15) is 11.3 Å². The number of phenolic OH excluding ortho intramolecular Hbond substituents is 1. The van der Waals surface area contributed by atoms with Gasteiger partial charge in [-0.3, -0.25) is 9.78 Å². The number of nitrogens with zero attached hydrogens (tertiary/aromatic N) is 4. The van der Waals surface area contributed by atoms with Crippen molar-refractivity contribution in [1.82, 2.24) is 15.0 Å². The Kier molecular flexibility index (Phi) is 11.9. The highest BCUT2D eigenvalue weighted by Crippen LogP contribution is 2.35. The number of hydrogen-bond donors (Lipinski definition) is 3. The summed E-state index contributed by atoms with van der Waals surface area (Å²) in [5.41, 5.74) is 9.44. The van der Waals surface area contributed by atoms with Gasteiger partial charge in [-0.15, -0.1) is 37.2 Å². The monoisotopic (exact) mass is 642 g/mol. The van der Waals surface area contributed by atoms with Crippen molar-refractivity contribution in [3.8, 4) is 17.0 Å². The molecule has 0 aliphatic carbocycles. The molecule has 1 unspecified atom stereocenters. The maximum absolute atomic E-state index is 14.2. The van der Waals surface area contributed by atoms with E-state index in [9.17, 15) is 14.3 Å². The van der Waals surface area contributed by atoms with Gasteiger partial charge in [0.2, 0.25) is 0 Å². The summed E-state index contributed by atoms with van der Waals surface area (Å²) in [5, 5.41) is 12.9. The van der Waals surface area contributed by atoms with E-state index in [1.54, 1.807) is 24.5 Å². The lowest BCUT2D eigenvalue weighted by molar-refractivity contribution is 0.0940. The summed E-state index contributed by atoms with van der Waals surface area (Å²) in [6.45, 7) is 5.31. The molecule has 1 saturated heterocycles. The minimum atomic E-state index is -0.851. The number of carbonyl (C=O) groups is 1. The third-order valence-corrected chi connectivity index (χ3v) is 6.90. The Bertz CT molecular complexity index is 1500. The Morgan fingerprint density at radius 2 is 1.90 bits per heavy atom. The zero-order chi connectivity index (χ0) is 27.0.